The average molecular weight is 497 g/mol. The van der Waals surface area contributed by atoms with Crippen LogP contribution < -0.4 is 11.1 Å². The van der Waals surface area contributed by atoms with Crippen molar-refractivity contribution in [3.63, 3.8) is 0 Å². The van der Waals surface area contributed by atoms with Crippen molar-refractivity contribution >= 4 is 28.5 Å². The molecule has 2 aromatic rings. The molecule has 0 saturated carbocycles. The van der Waals surface area contributed by atoms with Crippen LogP contribution >= 0.6 is 22.6 Å². The highest BCUT2D eigenvalue weighted by molar-refractivity contribution is 14.1. The van der Waals surface area contributed by atoms with Gasteiger partial charge in [0.05, 0.1) is 15.3 Å². The van der Waals surface area contributed by atoms with Crippen LogP contribution in [0.1, 0.15) is 68.1 Å². The summed E-state index contributed by atoms with van der Waals surface area (Å²) in [7, 11) is 0. The molecule has 0 aliphatic carbocycles. The first kappa shape index (κ1) is 22.8. The van der Waals surface area contributed by atoms with Crippen molar-refractivity contribution in [3.05, 3.63) is 46.1 Å². The fourth-order valence-electron chi connectivity index (χ4n) is 3.13. The molecule has 1 atom stereocenters. The van der Waals surface area contributed by atoms with Crippen LogP contribution in [0.4, 0.5) is 0 Å². The number of amides is 1. The first-order valence-electron chi connectivity index (χ1n) is 10.3. The number of aryl methyl sites for hydroxylation is 1. The third kappa shape index (κ3) is 9.64. The van der Waals surface area contributed by atoms with E-state index in [2.05, 4.69) is 44.2 Å². The minimum atomic E-state index is -0.106. The van der Waals surface area contributed by atoms with E-state index in [0.717, 1.165) is 19.4 Å². The molecule has 0 radical (unpaired) electrons. The third-order valence-electron chi connectivity index (χ3n) is 4.76. The van der Waals surface area contributed by atoms with E-state index in [1.54, 1.807) is 24.5 Å². The molecule has 7 heteroatoms. The minimum Gasteiger partial charge on any atom is -0.350 e. The van der Waals surface area contributed by atoms with Crippen LogP contribution in [0.15, 0.2) is 36.9 Å². The smallest absolute Gasteiger partial charge is 0.252 e. The molecule has 2 heterocycles. The summed E-state index contributed by atoms with van der Waals surface area (Å²) in [5.41, 5.74) is 6.69. The van der Waals surface area contributed by atoms with Crippen molar-refractivity contribution in [1.82, 2.24) is 20.1 Å². The van der Waals surface area contributed by atoms with Crippen molar-refractivity contribution in [1.29, 1.82) is 0 Å². The van der Waals surface area contributed by atoms with E-state index < -0.39 is 0 Å². The number of halogens is 1. The number of nitrogens with two attached hydrogens (primary N) is 1. The Bertz CT molecular complexity index is 676. The van der Waals surface area contributed by atoms with Crippen LogP contribution in [-0.2, 0) is 6.54 Å². The molecule has 2 aromatic heterocycles. The summed E-state index contributed by atoms with van der Waals surface area (Å²) in [5.74, 6) is -0.106. The normalized spacial score (nSPS) is 12.1. The first-order chi connectivity index (χ1) is 13.6. The molecular weight excluding hydrogens is 465 g/mol. The van der Waals surface area contributed by atoms with Gasteiger partial charge >= 0.3 is 0 Å². The SMILES string of the molecule is NC(CCCCCCCCCCn1cc(I)cn1)CNC(=O)c1cccnc1. The van der Waals surface area contributed by atoms with E-state index in [4.69, 9.17) is 5.73 Å². The molecule has 0 aliphatic heterocycles. The van der Waals surface area contributed by atoms with Gasteiger partial charge in [0.15, 0.2) is 0 Å². The van der Waals surface area contributed by atoms with E-state index in [1.165, 1.54) is 48.5 Å². The van der Waals surface area contributed by atoms with Crippen LogP contribution in [0, 0.1) is 3.57 Å². The van der Waals surface area contributed by atoms with Gasteiger partial charge in [-0.3, -0.25) is 14.5 Å². The van der Waals surface area contributed by atoms with E-state index in [0.29, 0.717) is 12.1 Å². The molecule has 1 amide bonds. The van der Waals surface area contributed by atoms with Gasteiger partial charge in [-0.1, -0.05) is 44.9 Å². The summed E-state index contributed by atoms with van der Waals surface area (Å²) in [4.78, 5) is 15.9. The van der Waals surface area contributed by atoms with Crippen molar-refractivity contribution < 1.29 is 4.79 Å². The Hall–Kier alpha value is -1.48. The van der Waals surface area contributed by atoms with E-state index in [9.17, 15) is 4.79 Å². The molecule has 2 rings (SSSR count). The number of unbranched alkanes of at least 4 members (excludes halogenated alkanes) is 7. The van der Waals surface area contributed by atoms with Gasteiger partial charge in [0.2, 0.25) is 0 Å². The van der Waals surface area contributed by atoms with Crippen LogP contribution in [0.25, 0.3) is 0 Å². The van der Waals surface area contributed by atoms with E-state index >= 15 is 0 Å². The molecule has 0 saturated heterocycles. The molecule has 0 fully saturated rings. The number of aromatic nitrogens is 3. The number of pyridine rings is 1. The fourth-order valence-corrected chi connectivity index (χ4v) is 3.57. The number of hydrogen-bond acceptors (Lipinski definition) is 4. The molecule has 0 aliphatic rings. The van der Waals surface area contributed by atoms with E-state index in [-0.39, 0.29) is 11.9 Å². The highest BCUT2D eigenvalue weighted by Gasteiger charge is 2.07. The lowest BCUT2D eigenvalue weighted by Crippen LogP contribution is -2.37. The van der Waals surface area contributed by atoms with Crippen LogP contribution in [0.2, 0.25) is 0 Å². The zero-order chi connectivity index (χ0) is 20.0. The third-order valence-corrected chi connectivity index (χ3v) is 5.32. The maximum Gasteiger partial charge on any atom is 0.252 e. The predicted octanol–water partition coefficient (Wildman–Crippen LogP) is 4.15. The Morgan fingerprint density at radius 3 is 2.46 bits per heavy atom. The molecule has 154 valence electrons. The maximum atomic E-state index is 11.9. The molecule has 6 nitrogen and oxygen atoms in total. The minimum absolute atomic E-state index is 0.0194. The molecule has 0 bridgehead atoms. The lowest BCUT2D eigenvalue weighted by atomic mass is 10.0. The average Bonchev–Trinajstić information content (AvgIpc) is 3.13. The molecule has 3 N–H and O–H groups in total. The fraction of sp³-hybridized carbons (Fsp3) is 0.571. The Labute approximate surface area is 181 Å². The van der Waals surface area contributed by atoms with Crippen molar-refractivity contribution in [2.45, 2.75) is 70.4 Å². The Morgan fingerprint density at radius 1 is 1.11 bits per heavy atom. The molecule has 0 aromatic carbocycles. The lowest BCUT2D eigenvalue weighted by molar-refractivity contribution is 0.0950. The summed E-state index contributed by atoms with van der Waals surface area (Å²) < 4.78 is 3.23. The maximum absolute atomic E-state index is 11.9. The Morgan fingerprint density at radius 2 is 1.82 bits per heavy atom. The predicted molar refractivity (Wildman–Crippen MR) is 121 cm³/mol. The highest BCUT2D eigenvalue weighted by atomic mass is 127. The van der Waals surface area contributed by atoms with Crippen LogP contribution in [0.5, 0.6) is 0 Å². The number of nitrogens with one attached hydrogen (secondary N) is 1. The Kier molecular flexibility index (Phi) is 11.1. The highest BCUT2D eigenvalue weighted by Crippen LogP contribution is 2.11. The Balaban J connectivity index is 1.38. The van der Waals surface area contributed by atoms with Gasteiger partial charge < -0.3 is 11.1 Å². The van der Waals surface area contributed by atoms with Gasteiger partial charge in [-0.25, -0.2) is 0 Å². The number of hydrogen-bond donors (Lipinski definition) is 2. The van der Waals surface area contributed by atoms with Crippen molar-refractivity contribution in [2.75, 3.05) is 6.54 Å². The van der Waals surface area contributed by atoms with Crippen LogP contribution in [-0.4, -0.2) is 33.3 Å². The standard InChI is InChI=1S/C21H32IN5O/c22-19-15-26-27(17-19)13-8-6-4-2-1-3-5-7-11-20(23)16-25-21(28)18-10-9-12-24-14-18/h9-10,12,14-15,17,20H,1-8,11,13,16,23H2,(H,25,28). The first-order valence-corrected chi connectivity index (χ1v) is 11.3. The monoisotopic (exact) mass is 497 g/mol. The number of nitrogens with zero attached hydrogens (tertiary/aromatic N) is 3. The van der Waals surface area contributed by atoms with Gasteiger partial charge in [0.1, 0.15) is 0 Å². The van der Waals surface area contributed by atoms with Gasteiger partial charge in [0, 0.05) is 37.7 Å². The number of carbonyl (C=O) groups excluding carboxylic acids is 1. The molecular formula is C21H32IN5O. The summed E-state index contributed by atoms with van der Waals surface area (Å²) in [5, 5.41) is 7.19. The van der Waals surface area contributed by atoms with Crippen molar-refractivity contribution in [3.8, 4) is 0 Å². The molecule has 1 unspecified atom stereocenters. The van der Waals surface area contributed by atoms with Crippen LogP contribution in [0.3, 0.4) is 0 Å². The lowest BCUT2D eigenvalue weighted by Gasteiger charge is -2.12. The topological polar surface area (TPSA) is 85.8 Å². The molecule has 28 heavy (non-hydrogen) atoms. The second kappa shape index (κ2) is 13.7. The van der Waals surface area contributed by atoms with Gasteiger partial charge in [-0.2, -0.15) is 5.10 Å². The van der Waals surface area contributed by atoms with Gasteiger partial charge in [-0.05, 0) is 47.6 Å². The second-order valence-corrected chi connectivity index (χ2v) is 8.50. The molecule has 0 spiro atoms. The van der Waals surface area contributed by atoms with Gasteiger partial charge in [-0.15, -0.1) is 0 Å². The summed E-state index contributed by atoms with van der Waals surface area (Å²) >= 11 is 2.29. The zero-order valence-corrected chi connectivity index (χ0v) is 18.7. The quantitative estimate of drug-likeness (QED) is 0.303. The largest absolute Gasteiger partial charge is 0.350 e. The number of rotatable bonds is 14. The van der Waals surface area contributed by atoms with Crippen molar-refractivity contribution in [2.24, 2.45) is 5.73 Å². The van der Waals surface area contributed by atoms with E-state index in [1.807, 2.05) is 10.9 Å². The second-order valence-electron chi connectivity index (χ2n) is 7.25. The van der Waals surface area contributed by atoms with Gasteiger partial charge in [0.25, 0.3) is 5.91 Å². The zero-order valence-electron chi connectivity index (χ0n) is 16.5. The summed E-state index contributed by atoms with van der Waals surface area (Å²) in [6, 6.07) is 3.53. The number of carbonyl (C=O) groups is 1. The summed E-state index contributed by atoms with van der Waals surface area (Å²) in [6.45, 7) is 1.54. The summed E-state index contributed by atoms with van der Waals surface area (Å²) in [6.07, 6.45) is 18.2.